The number of amides is 1. The van der Waals surface area contributed by atoms with E-state index < -0.39 is 27.6 Å². The van der Waals surface area contributed by atoms with Crippen molar-refractivity contribution in [3.63, 3.8) is 0 Å². The number of para-hydroxylation sites is 1. The van der Waals surface area contributed by atoms with Gasteiger partial charge in [-0.3, -0.25) is 14.1 Å². The minimum absolute atomic E-state index is 0.101. The van der Waals surface area contributed by atoms with Crippen LogP contribution in [-0.2, 0) is 30.9 Å². The van der Waals surface area contributed by atoms with Gasteiger partial charge in [-0.25, -0.2) is 18.4 Å². The third-order valence-electron chi connectivity index (χ3n) is 5.76. The Bertz CT molecular complexity index is 1370. The van der Waals surface area contributed by atoms with Crippen LogP contribution in [0.2, 0.25) is 5.02 Å². The normalized spacial score (nSPS) is 16.8. The number of nitrogens with one attached hydrogen (secondary N) is 2. The van der Waals surface area contributed by atoms with Crippen molar-refractivity contribution in [3.05, 3.63) is 47.3 Å². The van der Waals surface area contributed by atoms with Crippen molar-refractivity contribution >= 4 is 33.5 Å². The summed E-state index contributed by atoms with van der Waals surface area (Å²) in [5.74, 6) is 0.800. The second-order valence-corrected chi connectivity index (χ2v) is 10.6. The van der Waals surface area contributed by atoms with Crippen LogP contribution in [-0.4, -0.2) is 71.9 Å². The van der Waals surface area contributed by atoms with Crippen LogP contribution >= 0.6 is 11.6 Å². The van der Waals surface area contributed by atoms with Crippen LogP contribution < -0.4 is 19.5 Å². The molecule has 0 aliphatic carbocycles. The maximum absolute atomic E-state index is 13.5. The second kappa shape index (κ2) is 11.5. The Kier molecular flexibility index (Phi) is 8.30. The number of sulfonamides is 1. The highest BCUT2D eigenvalue weighted by Crippen LogP contribution is 2.36. The topological polar surface area (TPSA) is 169 Å². The van der Waals surface area contributed by atoms with Crippen molar-refractivity contribution in [1.82, 2.24) is 30.0 Å². The van der Waals surface area contributed by atoms with Crippen LogP contribution in [0.25, 0.3) is 5.69 Å². The number of aromatic nitrogens is 5. The quantitative estimate of drug-likeness (QED) is 0.305. The Hall–Kier alpha value is -3.53. The fraction of sp³-hybridized carbons (Fsp3) is 0.409. The van der Waals surface area contributed by atoms with Crippen LogP contribution in [0.1, 0.15) is 31.1 Å². The summed E-state index contributed by atoms with van der Waals surface area (Å²) in [6.45, 7) is 1.35. The molecule has 16 heteroatoms. The number of halogens is 1. The summed E-state index contributed by atoms with van der Waals surface area (Å²) in [5, 5.41) is 9.94. The number of hydrogen-bond acceptors (Lipinski definition) is 11. The molecule has 3 atom stereocenters. The van der Waals surface area contributed by atoms with E-state index in [1.54, 1.807) is 18.2 Å². The first-order valence-electron chi connectivity index (χ1n) is 11.3. The van der Waals surface area contributed by atoms with E-state index in [4.69, 9.17) is 30.5 Å². The molecule has 1 aliphatic rings. The van der Waals surface area contributed by atoms with Gasteiger partial charge >= 0.3 is 0 Å². The maximum atomic E-state index is 13.5. The van der Waals surface area contributed by atoms with E-state index in [1.807, 2.05) is 0 Å². The van der Waals surface area contributed by atoms with Crippen molar-refractivity contribution < 1.29 is 32.2 Å². The molecule has 1 aromatic carbocycles. The summed E-state index contributed by atoms with van der Waals surface area (Å²) in [6, 6.07) is 5.07. The lowest BCUT2D eigenvalue weighted by Crippen LogP contribution is -2.49. The molecule has 1 fully saturated rings. The summed E-state index contributed by atoms with van der Waals surface area (Å²) < 4.78 is 53.1. The molecule has 1 saturated heterocycles. The van der Waals surface area contributed by atoms with Gasteiger partial charge in [-0.1, -0.05) is 17.7 Å². The first kappa shape index (κ1) is 27.5. The fourth-order valence-electron chi connectivity index (χ4n) is 3.72. The highest BCUT2D eigenvalue weighted by molar-refractivity contribution is 7.93. The average molecular weight is 568 g/mol. The Morgan fingerprint density at radius 3 is 2.34 bits per heavy atom. The lowest BCUT2D eigenvalue weighted by atomic mass is 10.2. The number of carbonyl (C=O) groups is 1. The van der Waals surface area contributed by atoms with E-state index in [2.05, 4.69) is 30.2 Å². The third-order valence-corrected chi connectivity index (χ3v) is 7.65. The molecule has 0 bridgehead atoms. The van der Waals surface area contributed by atoms with Crippen LogP contribution in [0, 0.1) is 0 Å². The van der Waals surface area contributed by atoms with Crippen molar-refractivity contribution in [2.45, 2.75) is 37.5 Å². The average Bonchev–Trinajstić information content (AvgIpc) is 3.27. The summed E-state index contributed by atoms with van der Waals surface area (Å²) >= 11 is 5.86. The predicted octanol–water partition coefficient (Wildman–Crippen LogP) is 1.61. The number of benzene rings is 1. The SMILES string of the molecule is COc1cccc(OC)c1-n1c(COC2CC(=O)N2)nnc1NS(=O)(=O)[C@@H](C)[C@H](OC)c1ncc(Cl)cn1. The number of nitrogens with zero attached hydrogens (tertiary/aromatic N) is 5. The minimum atomic E-state index is -4.16. The number of rotatable bonds is 12. The smallest absolute Gasteiger partial charge is 0.243 e. The van der Waals surface area contributed by atoms with Crippen molar-refractivity contribution in [1.29, 1.82) is 0 Å². The fourth-order valence-corrected chi connectivity index (χ4v) is 4.95. The second-order valence-electron chi connectivity index (χ2n) is 8.13. The number of ether oxygens (including phenoxy) is 4. The lowest BCUT2D eigenvalue weighted by Gasteiger charge is -2.26. The molecule has 2 aromatic heterocycles. The van der Waals surface area contributed by atoms with Crippen LogP contribution in [0.15, 0.2) is 30.6 Å². The highest BCUT2D eigenvalue weighted by Gasteiger charge is 2.35. The lowest BCUT2D eigenvalue weighted by molar-refractivity contribution is -0.141. The van der Waals surface area contributed by atoms with Crippen molar-refractivity contribution in [3.8, 4) is 17.2 Å². The third kappa shape index (κ3) is 5.65. The number of β-lactam (4-membered cyclic amide) rings is 1. The molecule has 1 unspecified atom stereocenters. The van der Waals surface area contributed by atoms with Crippen molar-refractivity contribution in [2.75, 3.05) is 26.1 Å². The van der Waals surface area contributed by atoms with Crippen LogP contribution in [0.3, 0.4) is 0 Å². The van der Waals surface area contributed by atoms with Gasteiger partial charge < -0.3 is 24.3 Å². The maximum Gasteiger partial charge on any atom is 0.243 e. The summed E-state index contributed by atoms with van der Waals surface area (Å²) in [6.07, 6.45) is 1.39. The number of anilines is 1. The highest BCUT2D eigenvalue weighted by atomic mass is 35.5. The van der Waals surface area contributed by atoms with E-state index in [0.29, 0.717) is 22.2 Å². The first-order valence-corrected chi connectivity index (χ1v) is 13.2. The van der Waals surface area contributed by atoms with Gasteiger partial charge in [-0.15, -0.1) is 10.2 Å². The Morgan fingerprint density at radius 1 is 1.16 bits per heavy atom. The summed E-state index contributed by atoms with van der Waals surface area (Å²) in [7, 11) is 0.115. The summed E-state index contributed by atoms with van der Waals surface area (Å²) in [4.78, 5) is 19.4. The largest absolute Gasteiger partial charge is 0.494 e. The van der Waals surface area contributed by atoms with Gasteiger partial charge in [0.1, 0.15) is 41.4 Å². The molecule has 0 saturated carbocycles. The number of carbonyl (C=O) groups excluding carboxylic acids is 1. The molecular weight excluding hydrogens is 542 g/mol. The van der Waals surface area contributed by atoms with Crippen LogP contribution in [0.4, 0.5) is 5.95 Å². The minimum Gasteiger partial charge on any atom is -0.494 e. The standard InChI is InChI=1S/C22H26ClN7O7S/c1-12(20(36-4)21-24-9-13(23)10-25-21)38(32,33)29-22-28-27-16(11-37-18-8-17(31)26-18)30(22)19-14(34-2)6-5-7-15(19)35-3/h5-7,9-10,12,18,20H,8,11H2,1-4H3,(H,26,31)(H,28,29)/t12-,18?,20-/m0/s1. The molecule has 3 aromatic rings. The molecule has 38 heavy (non-hydrogen) atoms. The number of methoxy groups -OCH3 is 3. The molecule has 204 valence electrons. The molecule has 2 N–H and O–H groups in total. The Balaban J connectivity index is 1.71. The van der Waals surface area contributed by atoms with E-state index in [9.17, 15) is 13.2 Å². The first-order chi connectivity index (χ1) is 18.2. The molecule has 3 heterocycles. The van der Waals surface area contributed by atoms with Crippen molar-refractivity contribution in [2.24, 2.45) is 0 Å². The zero-order valence-electron chi connectivity index (χ0n) is 20.9. The Labute approximate surface area is 223 Å². The molecule has 0 spiro atoms. The van der Waals surface area contributed by atoms with Gasteiger partial charge in [0, 0.05) is 19.5 Å². The van der Waals surface area contributed by atoms with E-state index in [1.165, 1.54) is 45.2 Å². The van der Waals surface area contributed by atoms with Gasteiger partial charge in [0.05, 0.1) is 25.7 Å². The zero-order valence-corrected chi connectivity index (χ0v) is 22.5. The molecule has 14 nitrogen and oxygen atoms in total. The molecule has 0 radical (unpaired) electrons. The van der Waals surface area contributed by atoms with Gasteiger partial charge in [-0.05, 0) is 19.1 Å². The van der Waals surface area contributed by atoms with Gasteiger partial charge in [0.15, 0.2) is 11.6 Å². The van der Waals surface area contributed by atoms with Gasteiger partial charge in [0.2, 0.25) is 21.9 Å². The molecular formula is C22H26ClN7O7S. The zero-order chi connectivity index (χ0) is 27.4. The van der Waals surface area contributed by atoms with Gasteiger partial charge in [-0.2, -0.15) is 0 Å². The van der Waals surface area contributed by atoms with Gasteiger partial charge in [0.25, 0.3) is 0 Å². The summed E-state index contributed by atoms with van der Waals surface area (Å²) in [5.41, 5.74) is 0.341. The molecule has 4 rings (SSSR count). The molecule has 1 aliphatic heterocycles. The van der Waals surface area contributed by atoms with Crippen LogP contribution in [0.5, 0.6) is 11.5 Å². The van der Waals surface area contributed by atoms with E-state index in [-0.39, 0.29) is 36.5 Å². The predicted molar refractivity (Wildman–Crippen MR) is 135 cm³/mol. The number of hydrogen-bond donors (Lipinski definition) is 2. The van der Waals surface area contributed by atoms with E-state index >= 15 is 0 Å². The monoisotopic (exact) mass is 567 g/mol. The Morgan fingerprint density at radius 2 is 1.79 bits per heavy atom. The van der Waals surface area contributed by atoms with E-state index in [0.717, 1.165) is 0 Å². The molecule has 1 amide bonds.